The van der Waals surface area contributed by atoms with Gasteiger partial charge in [0.15, 0.2) is 0 Å². The number of halogens is 1. The number of nitrogens with one attached hydrogen (secondary N) is 1. The van der Waals surface area contributed by atoms with Crippen LogP contribution in [0, 0.1) is 0 Å². The van der Waals surface area contributed by atoms with Crippen molar-refractivity contribution in [3.05, 3.63) is 22.2 Å². The van der Waals surface area contributed by atoms with Gasteiger partial charge < -0.3 is 5.32 Å². The standard InChI is InChI=1S/C13H18FN3O/c14-13(5-1-2-6-13)8-17-9-16-11-10(12(17)18)4-3-7-15-11/h9,15H,1-8H2. The van der Waals surface area contributed by atoms with Crippen LogP contribution in [0.4, 0.5) is 10.2 Å². The van der Waals surface area contributed by atoms with Crippen molar-refractivity contribution in [3.63, 3.8) is 0 Å². The van der Waals surface area contributed by atoms with Crippen molar-refractivity contribution in [3.8, 4) is 0 Å². The molecule has 1 aromatic heterocycles. The van der Waals surface area contributed by atoms with Crippen LogP contribution in [0.3, 0.4) is 0 Å². The van der Waals surface area contributed by atoms with Crippen LogP contribution in [0.5, 0.6) is 0 Å². The van der Waals surface area contributed by atoms with Crippen molar-refractivity contribution in [1.82, 2.24) is 9.55 Å². The van der Waals surface area contributed by atoms with E-state index in [1.807, 2.05) is 0 Å². The van der Waals surface area contributed by atoms with Crippen LogP contribution in [0.15, 0.2) is 11.1 Å². The lowest BCUT2D eigenvalue weighted by Crippen LogP contribution is -2.35. The molecule has 0 atom stereocenters. The number of alkyl halides is 1. The molecule has 2 heterocycles. The van der Waals surface area contributed by atoms with Gasteiger partial charge in [0.25, 0.3) is 5.56 Å². The maximum Gasteiger partial charge on any atom is 0.258 e. The molecule has 0 aromatic carbocycles. The normalized spacial score (nSPS) is 21.4. The molecule has 1 N–H and O–H groups in total. The Morgan fingerprint density at radius 2 is 2.17 bits per heavy atom. The summed E-state index contributed by atoms with van der Waals surface area (Å²) in [6, 6.07) is 0. The molecule has 4 nitrogen and oxygen atoms in total. The minimum atomic E-state index is -1.21. The molecule has 1 aliphatic heterocycles. The fourth-order valence-corrected chi connectivity index (χ4v) is 2.97. The van der Waals surface area contributed by atoms with Gasteiger partial charge in [-0.15, -0.1) is 0 Å². The van der Waals surface area contributed by atoms with Gasteiger partial charge in [-0.25, -0.2) is 9.37 Å². The van der Waals surface area contributed by atoms with Gasteiger partial charge in [0.2, 0.25) is 0 Å². The van der Waals surface area contributed by atoms with E-state index in [1.54, 1.807) is 0 Å². The summed E-state index contributed by atoms with van der Waals surface area (Å²) in [5.41, 5.74) is -0.566. The Morgan fingerprint density at radius 1 is 1.39 bits per heavy atom. The van der Waals surface area contributed by atoms with Gasteiger partial charge in [0.05, 0.1) is 18.4 Å². The topological polar surface area (TPSA) is 46.9 Å². The number of nitrogens with zero attached hydrogens (tertiary/aromatic N) is 2. The van der Waals surface area contributed by atoms with Gasteiger partial charge in [0, 0.05) is 6.54 Å². The van der Waals surface area contributed by atoms with E-state index in [9.17, 15) is 9.18 Å². The summed E-state index contributed by atoms with van der Waals surface area (Å²) in [5, 5.41) is 3.12. The van der Waals surface area contributed by atoms with E-state index in [0.29, 0.717) is 24.2 Å². The summed E-state index contributed by atoms with van der Waals surface area (Å²) in [4.78, 5) is 16.5. The highest BCUT2D eigenvalue weighted by atomic mass is 19.1. The van der Waals surface area contributed by atoms with Crippen molar-refractivity contribution in [2.24, 2.45) is 0 Å². The van der Waals surface area contributed by atoms with Crippen LogP contribution in [0.25, 0.3) is 0 Å². The predicted octanol–water partition coefficient (Wildman–Crippen LogP) is 1.88. The molecule has 1 fully saturated rings. The lowest BCUT2D eigenvalue weighted by Gasteiger charge is -2.22. The molecule has 0 unspecified atom stereocenters. The second-order valence-electron chi connectivity index (χ2n) is 5.39. The molecule has 5 heteroatoms. The Bertz CT molecular complexity index is 505. The molecule has 0 saturated heterocycles. The van der Waals surface area contributed by atoms with Crippen LogP contribution in [-0.2, 0) is 13.0 Å². The molecule has 2 aliphatic rings. The molecule has 1 aromatic rings. The second-order valence-corrected chi connectivity index (χ2v) is 5.39. The highest BCUT2D eigenvalue weighted by Gasteiger charge is 2.34. The summed E-state index contributed by atoms with van der Waals surface area (Å²) < 4.78 is 15.9. The zero-order valence-corrected chi connectivity index (χ0v) is 10.4. The highest BCUT2D eigenvalue weighted by Crippen LogP contribution is 2.34. The average molecular weight is 251 g/mol. The molecular formula is C13H18FN3O. The highest BCUT2D eigenvalue weighted by molar-refractivity contribution is 5.44. The smallest absolute Gasteiger partial charge is 0.258 e. The van der Waals surface area contributed by atoms with Crippen molar-refractivity contribution < 1.29 is 4.39 Å². The van der Waals surface area contributed by atoms with Crippen LogP contribution in [0.2, 0.25) is 0 Å². The fourth-order valence-electron chi connectivity index (χ4n) is 2.97. The summed E-state index contributed by atoms with van der Waals surface area (Å²) in [6.45, 7) is 1.02. The number of anilines is 1. The molecule has 0 bridgehead atoms. The fraction of sp³-hybridized carbons (Fsp3) is 0.692. The molecule has 1 aliphatic carbocycles. The van der Waals surface area contributed by atoms with Crippen LogP contribution >= 0.6 is 0 Å². The average Bonchev–Trinajstić information content (AvgIpc) is 2.80. The van der Waals surface area contributed by atoms with E-state index in [1.165, 1.54) is 10.9 Å². The van der Waals surface area contributed by atoms with Gasteiger partial charge in [-0.1, -0.05) is 12.8 Å². The maximum atomic E-state index is 14.4. The molecule has 0 radical (unpaired) electrons. The van der Waals surface area contributed by atoms with Gasteiger partial charge in [-0.2, -0.15) is 0 Å². The summed E-state index contributed by atoms with van der Waals surface area (Å²) >= 11 is 0. The first kappa shape index (κ1) is 11.7. The number of hydrogen-bond donors (Lipinski definition) is 1. The van der Waals surface area contributed by atoms with E-state index < -0.39 is 5.67 Å². The van der Waals surface area contributed by atoms with E-state index in [4.69, 9.17) is 0 Å². The SMILES string of the molecule is O=c1c2c(ncn1CC1(F)CCCC1)NCCC2. The Hall–Kier alpha value is -1.39. The third kappa shape index (κ3) is 2.02. The van der Waals surface area contributed by atoms with Crippen LogP contribution in [0.1, 0.15) is 37.7 Å². The second kappa shape index (κ2) is 4.37. The molecule has 98 valence electrons. The number of hydrogen-bond acceptors (Lipinski definition) is 3. The summed E-state index contributed by atoms with van der Waals surface area (Å²) in [6.07, 6.45) is 6.14. The Balaban J connectivity index is 1.91. The van der Waals surface area contributed by atoms with Crippen LogP contribution < -0.4 is 10.9 Å². The molecule has 18 heavy (non-hydrogen) atoms. The number of aromatic nitrogens is 2. The first-order valence-electron chi connectivity index (χ1n) is 6.69. The number of rotatable bonds is 2. The molecule has 0 amide bonds. The van der Waals surface area contributed by atoms with Gasteiger partial charge in [-0.05, 0) is 25.7 Å². The third-order valence-corrected chi connectivity index (χ3v) is 3.98. The Labute approximate surface area is 105 Å². The largest absolute Gasteiger partial charge is 0.370 e. The van der Waals surface area contributed by atoms with Crippen molar-refractivity contribution in [2.75, 3.05) is 11.9 Å². The lowest BCUT2D eigenvalue weighted by molar-refractivity contribution is 0.143. The van der Waals surface area contributed by atoms with E-state index >= 15 is 0 Å². The van der Waals surface area contributed by atoms with Crippen molar-refractivity contribution in [1.29, 1.82) is 0 Å². The monoisotopic (exact) mass is 251 g/mol. The van der Waals surface area contributed by atoms with Crippen LogP contribution in [-0.4, -0.2) is 21.8 Å². The van der Waals surface area contributed by atoms with Crippen molar-refractivity contribution in [2.45, 2.75) is 50.7 Å². The Morgan fingerprint density at radius 3 is 2.94 bits per heavy atom. The van der Waals surface area contributed by atoms with Crippen molar-refractivity contribution >= 4 is 5.82 Å². The minimum Gasteiger partial charge on any atom is -0.370 e. The predicted molar refractivity (Wildman–Crippen MR) is 67.6 cm³/mol. The van der Waals surface area contributed by atoms with Gasteiger partial charge >= 0.3 is 0 Å². The molecular weight excluding hydrogens is 233 g/mol. The van der Waals surface area contributed by atoms with E-state index in [-0.39, 0.29) is 12.1 Å². The van der Waals surface area contributed by atoms with E-state index in [2.05, 4.69) is 10.3 Å². The first-order valence-corrected chi connectivity index (χ1v) is 6.69. The Kier molecular flexibility index (Phi) is 2.84. The quantitative estimate of drug-likeness (QED) is 0.873. The maximum absolute atomic E-state index is 14.4. The zero-order chi connectivity index (χ0) is 12.6. The first-order chi connectivity index (χ1) is 8.68. The molecule has 1 saturated carbocycles. The third-order valence-electron chi connectivity index (χ3n) is 3.98. The number of fused-ring (bicyclic) bond motifs is 1. The van der Waals surface area contributed by atoms with Gasteiger partial charge in [-0.3, -0.25) is 9.36 Å². The van der Waals surface area contributed by atoms with E-state index in [0.717, 1.165) is 32.2 Å². The molecule has 3 rings (SSSR count). The van der Waals surface area contributed by atoms with Gasteiger partial charge in [0.1, 0.15) is 11.5 Å². The molecule has 0 spiro atoms. The summed E-state index contributed by atoms with van der Waals surface area (Å²) in [7, 11) is 0. The zero-order valence-electron chi connectivity index (χ0n) is 10.4. The minimum absolute atomic E-state index is 0.0730. The summed E-state index contributed by atoms with van der Waals surface area (Å²) in [5.74, 6) is 0.682. The lowest BCUT2D eigenvalue weighted by atomic mass is 10.0.